The largest absolute Gasteiger partial charge is 0.481 e. The van der Waals surface area contributed by atoms with Gasteiger partial charge < -0.3 is 15.5 Å². The fraction of sp³-hybridized carbons (Fsp3) is 0.786. The summed E-state index contributed by atoms with van der Waals surface area (Å²) in [5.41, 5.74) is 0.106. The first-order valence-electron chi connectivity index (χ1n) is 6.75. The Morgan fingerprint density at radius 1 is 1.15 bits per heavy atom. The van der Waals surface area contributed by atoms with Crippen molar-refractivity contribution in [1.29, 1.82) is 0 Å². The second-order valence-corrected chi connectivity index (χ2v) is 6.46. The zero-order valence-corrected chi connectivity index (χ0v) is 12.6. The average molecular weight is 287 g/mol. The standard InChI is InChI=1S/C14H25NO5/c1-9(8-14(2,3)4)7-11(16)15-10(13(19)20)5-6-12(17)18/h9-10H,5-8H2,1-4H3,(H,15,16)(H,17,18)(H,19,20)/t9?,10-/m0/s1. The molecule has 0 aromatic carbocycles. The normalized spacial score (nSPS) is 14.4. The van der Waals surface area contributed by atoms with E-state index in [1.807, 2.05) is 6.92 Å². The van der Waals surface area contributed by atoms with E-state index in [4.69, 9.17) is 10.2 Å². The van der Waals surface area contributed by atoms with Gasteiger partial charge in [-0.05, 0) is 24.2 Å². The number of amides is 1. The van der Waals surface area contributed by atoms with Gasteiger partial charge in [-0.25, -0.2) is 4.79 Å². The van der Waals surface area contributed by atoms with Crippen molar-refractivity contribution in [3.05, 3.63) is 0 Å². The first kappa shape index (κ1) is 18.4. The summed E-state index contributed by atoms with van der Waals surface area (Å²) in [6.07, 6.45) is 0.709. The van der Waals surface area contributed by atoms with E-state index in [0.717, 1.165) is 6.42 Å². The summed E-state index contributed by atoms with van der Waals surface area (Å²) in [4.78, 5) is 33.2. The van der Waals surface area contributed by atoms with Crippen LogP contribution >= 0.6 is 0 Å². The Kier molecular flexibility index (Phi) is 7.24. The van der Waals surface area contributed by atoms with E-state index in [1.54, 1.807) is 0 Å². The number of hydrogen-bond donors (Lipinski definition) is 3. The highest BCUT2D eigenvalue weighted by Gasteiger charge is 2.23. The molecule has 0 aromatic rings. The molecule has 0 heterocycles. The Hall–Kier alpha value is -1.59. The zero-order chi connectivity index (χ0) is 15.9. The molecule has 0 saturated carbocycles. The lowest BCUT2D eigenvalue weighted by Gasteiger charge is -2.23. The van der Waals surface area contributed by atoms with Crippen LogP contribution in [0.3, 0.4) is 0 Å². The molecule has 0 fully saturated rings. The Morgan fingerprint density at radius 3 is 2.10 bits per heavy atom. The van der Waals surface area contributed by atoms with Gasteiger partial charge in [0.05, 0.1) is 0 Å². The van der Waals surface area contributed by atoms with Gasteiger partial charge >= 0.3 is 11.9 Å². The maximum atomic E-state index is 11.8. The molecular formula is C14H25NO5. The van der Waals surface area contributed by atoms with Gasteiger partial charge in [-0.1, -0.05) is 27.7 Å². The molecule has 116 valence electrons. The molecule has 0 aliphatic carbocycles. The van der Waals surface area contributed by atoms with Crippen molar-refractivity contribution >= 4 is 17.8 Å². The number of carbonyl (C=O) groups excluding carboxylic acids is 1. The van der Waals surface area contributed by atoms with E-state index in [1.165, 1.54) is 0 Å². The van der Waals surface area contributed by atoms with Crippen molar-refractivity contribution in [2.75, 3.05) is 0 Å². The minimum absolute atomic E-state index is 0.106. The van der Waals surface area contributed by atoms with E-state index in [0.29, 0.717) is 0 Å². The van der Waals surface area contributed by atoms with E-state index in [9.17, 15) is 14.4 Å². The number of carbonyl (C=O) groups is 3. The van der Waals surface area contributed by atoms with Crippen LogP contribution in [0.1, 0.15) is 53.4 Å². The molecule has 0 aliphatic heterocycles. The topological polar surface area (TPSA) is 104 Å². The third-order valence-electron chi connectivity index (χ3n) is 2.77. The predicted octanol–water partition coefficient (Wildman–Crippen LogP) is 1.88. The van der Waals surface area contributed by atoms with Crippen molar-refractivity contribution in [3.63, 3.8) is 0 Å². The SMILES string of the molecule is CC(CC(=O)N[C@@H](CCC(=O)O)C(=O)O)CC(C)(C)C. The van der Waals surface area contributed by atoms with Crippen LogP contribution in [0, 0.1) is 11.3 Å². The summed E-state index contributed by atoms with van der Waals surface area (Å²) in [6.45, 7) is 8.18. The molecule has 6 heteroatoms. The molecule has 0 aliphatic rings. The smallest absolute Gasteiger partial charge is 0.326 e. The number of carboxylic acid groups (broad SMARTS) is 2. The molecule has 2 atom stereocenters. The van der Waals surface area contributed by atoms with Crippen LogP contribution in [0.25, 0.3) is 0 Å². The third kappa shape index (κ3) is 9.35. The van der Waals surface area contributed by atoms with Gasteiger partial charge in [0.2, 0.25) is 5.91 Å². The number of aliphatic carboxylic acids is 2. The van der Waals surface area contributed by atoms with E-state index >= 15 is 0 Å². The summed E-state index contributed by atoms with van der Waals surface area (Å²) in [5.74, 6) is -2.49. The Labute approximate surface area is 119 Å². The van der Waals surface area contributed by atoms with Gasteiger partial charge in [-0.15, -0.1) is 0 Å². The Bertz CT molecular complexity index is 359. The quantitative estimate of drug-likeness (QED) is 0.632. The number of hydrogen-bond acceptors (Lipinski definition) is 3. The van der Waals surface area contributed by atoms with Gasteiger partial charge in [-0.2, -0.15) is 0 Å². The highest BCUT2D eigenvalue weighted by molar-refractivity contribution is 5.84. The molecule has 20 heavy (non-hydrogen) atoms. The minimum Gasteiger partial charge on any atom is -0.481 e. The van der Waals surface area contributed by atoms with Crippen molar-refractivity contribution in [3.8, 4) is 0 Å². The molecule has 1 unspecified atom stereocenters. The summed E-state index contributed by atoms with van der Waals surface area (Å²) in [5, 5.41) is 19.9. The lowest BCUT2D eigenvalue weighted by atomic mass is 9.84. The molecule has 0 spiro atoms. The van der Waals surface area contributed by atoms with Gasteiger partial charge in [0.1, 0.15) is 6.04 Å². The van der Waals surface area contributed by atoms with Crippen molar-refractivity contribution in [2.24, 2.45) is 11.3 Å². The zero-order valence-electron chi connectivity index (χ0n) is 12.6. The molecule has 0 bridgehead atoms. The second-order valence-electron chi connectivity index (χ2n) is 6.46. The lowest BCUT2D eigenvalue weighted by molar-refractivity contribution is -0.143. The highest BCUT2D eigenvalue weighted by Crippen LogP contribution is 2.25. The maximum Gasteiger partial charge on any atom is 0.326 e. The van der Waals surface area contributed by atoms with E-state index < -0.39 is 18.0 Å². The summed E-state index contributed by atoms with van der Waals surface area (Å²) in [7, 11) is 0. The lowest BCUT2D eigenvalue weighted by Crippen LogP contribution is -2.41. The molecule has 3 N–H and O–H groups in total. The fourth-order valence-corrected chi connectivity index (χ4v) is 2.21. The number of rotatable bonds is 8. The molecule has 0 rings (SSSR count). The summed E-state index contributed by atoms with van der Waals surface area (Å²) < 4.78 is 0. The molecule has 6 nitrogen and oxygen atoms in total. The van der Waals surface area contributed by atoms with E-state index in [2.05, 4.69) is 26.1 Å². The Balaban J connectivity index is 4.32. The van der Waals surface area contributed by atoms with Gasteiger partial charge in [0.25, 0.3) is 0 Å². The van der Waals surface area contributed by atoms with Crippen LogP contribution in [0.2, 0.25) is 0 Å². The first-order chi connectivity index (χ1) is 9.01. The number of carboxylic acids is 2. The average Bonchev–Trinajstić information content (AvgIpc) is 2.20. The number of nitrogens with one attached hydrogen (secondary N) is 1. The van der Waals surface area contributed by atoms with Crippen molar-refractivity contribution in [2.45, 2.75) is 59.4 Å². The third-order valence-corrected chi connectivity index (χ3v) is 2.77. The van der Waals surface area contributed by atoms with Crippen LogP contribution in [0.15, 0.2) is 0 Å². The molecule has 0 radical (unpaired) electrons. The van der Waals surface area contributed by atoms with Gasteiger partial charge in [0, 0.05) is 12.8 Å². The van der Waals surface area contributed by atoms with Crippen LogP contribution in [-0.4, -0.2) is 34.1 Å². The maximum absolute atomic E-state index is 11.8. The summed E-state index contributed by atoms with van der Waals surface area (Å²) >= 11 is 0. The van der Waals surface area contributed by atoms with E-state index in [-0.39, 0.29) is 36.5 Å². The molecular weight excluding hydrogens is 262 g/mol. The predicted molar refractivity (Wildman–Crippen MR) is 74.3 cm³/mol. The highest BCUT2D eigenvalue weighted by atomic mass is 16.4. The monoisotopic (exact) mass is 287 g/mol. The molecule has 1 amide bonds. The molecule has 0 saturated heterocycles. The van der Waals surface area contributed by atoms with Crippen LogP contribution in [-0.2, 0) is 14.4 Å². The van der Waals surface area contributed by atoms with Crippen molar-refractivity contribution < 1.29 is 24.6 Å². The summed E-state index contributed by atoms with van der Waals surface area (Å²) in [6, 6.07) is -1.14. The first-order valence-corrected chi connectivity index (χ1v) is 6.75. The molecule has 0 aromatic heterocycles. The van der Waals surface area contributed by atoms with Crippen LogP contribution in [0.4, 0.5) is 0 Å². The van der Waals surface area contributed by atoms with Gasteiger partial charge in [-0.3, -0.25) is 9.59 Å². The fourth-order valence-electron chi connectivity index (χ4n) is 2.21. The van der Waals surface area contributed by atoms with Crippen molar-refractivity contribution in [1.82, 2.24) is 5.32 Å². The van der Waals surface area contributed by atoms with Gasteiger partial charge in [0.15, 0.2) is 0 Å². The second kappa shape index (κ2) is 7.87. The Morgan fingerprint density at radius 2 is 1.70 bits per heavy atom. The van der Waals surface area contributed by atoms with Crippen LogP contribution in [0.5, 0.6) is 0 Å². The van der Waals surface area contributed by atoms with Crippen LogP contribution < -0.4 is 5.32 Å². The minimum atomic E-state index is -1.21.